The first-order valence-corrected chi connectivity index (χ1v) is 9.90. The van der Waals surface area contributed by atoms with Crippen molar-refractivity contribution in [2.24, 2.45) is 0 Å². The molecule has 0 fully saturated rings. The summed E-state index contributed by atoms with van der Waals surface area (Å²) in [6, 6.07) is 13.9. The number of fused-ring (bicyclic) bond motifs is 1. The monoisotopic (exact) mass is 380 g/mol. The van der Waals surface area contributed by atoms with E-state index >= 15 is 0 Å². The normalized spacial score (nSPS) is 15.8. The van der Waals surface area contributed by atoms with E-state index in [1.807, 2.05) is 61.5 Å². The molecule has 0 unspecified atom stereocenters. The van der Waals surface area contributed by atoms with E-state index in [1.54, 1.807) is 4.57 Å². The molecule has 0 radical (unpaired) electrons. The highest BCUT2D eigenvalue weighted by atomic mass is 32.1. The molecule has 4 rings (SSSR count). The van der Waals surface area contributed by atoms with Gasteiger partial charge in [0.1, 0.15) is 11.2 Å². The van der Waals surface area contributed by atoms with E-state index in [9.17, 15) is 4.79 Å². The minimum atomic E-state index is -0.0117. The molecule has 1 aliphatic rings. The van der Waals surface area contributed by atoms with Gasteiger partial charge < -0.3 is 9.64 Å². The Morgan fingerprint density at radius 2 is 1.93 bits per heavy atom. The quantitative estimate of drug-likeness (QED) is 0.649. The summed E-state index contributed by atoms with van der Waals surface area (Å²) in [5, 5.41) is 0. The maximum absolute atomic E-state index is 13.1. The Labute approximate surface area is 161 Å². The van der Waals surface area contributed by atoms with Gasteiger partial charge in [0, 0.05) is 31.8 Å². The summed E-state index contributed by atoms with van der Waals surface area (Å²) in [5.41, 5.74) is 2.03. The SMILES string of the molecule is CCn1c(=O)/c(=C2\Oc3ccccc3N2C)s/c1=C\c1cccc[n+]1CC. The number of aromatic nitrogens is 2. The average molecular weight is 380 g/mol. The van der Waals surface area contributed by atoms with E-state index in [4.69, 9.17) is 4.74 Å². The van der Waals surface area contributed by atoms with Crippen LogP contribution in [0.1, 0.15) is 19.5 Å². The topological polar surface area (TPSA) is 38.4 Å². The Balaban J connectivity index is 1.94. The van der Waals surface area contributed by atoms with Gasteiger partial charge in [-0.25, -0.2) is 0 Å². The van der Waals surface area contributed by atoms with Gasteiger partial charge in [0.15, 0.2) is 16.5 Å². The number of nitrogens with zero attached hydrogens (tertiary/aromatic N) is 3. The highest BCUT2D eigenvalue weighted by molar-refractivity contribution is 7.07. The molecule has 5 nitrogen and oxygen atoms in total. The first-order valence-electron chi connectivity index (χ1n) is 9.08. The van der Waals surface area contributed by atoms with E-state index in [0.29, 0.717) is 17.0 Å². The highest BCUT2D eigenvalue weighted by Gasteiger charge is 2.25. The van der Waals surface area contributed by atoms with Crippen LogP contribution in [0.4, 0.5) is 5.69 Å². The molecule has 2 aromatic heterocycles. The zero-order chi connectivity index (χ0) is 19.0. The number of benzene rings is 1. The van der Waals surface area contributed by atoms with Crippen LogP contribution < -0.4 is 29.0 Å². The van der Waals surface area contributed by atoms with Crippen molar-refractivity contribution in [1.82, 2.24) is 4.57 Å². The third-order valence-electron chi connectivity index (χ3n) is 4.75. The largest absolute Gasteiger partial charge is 0.437 e. The standard InChI is InChI=1S/C21H22N3O2S/c1-4-23-13-9-8-10-15(23)14-18-24(5-2)20(25)19(27-18)21-22(3)16-11-6-7-12-17(16)26-21/h6-14H,4-5H2,1-3H3/q+1/b21-19+. The van der Waals surface area contributed by atoms with Crippen LogP contribution in [0.25, 0.3) is 12.0 Å². The molecule has 0 aliphatic carbocycles. The van der Waals surface area contributed by atoms with Gasteiger partial charge in [0.25, 0.3) is 5.56 Å². The summed E-state index contributed by atoms with van der Waals surface area (Å²) in [6.07, 6.45) is 4.12. The van der Waals surface area contributed by atoms with E-state index in [1.165, 1.54) is 11.3 Å². The lowest BCUT2D eigenvalue weighted by Crippen LogP contribution is -2.37. The van der Waals surface area contributed by atoms with Crippen molar-refractivity contribution in [1.29, 1.82) is 0 Å². The maximum Gasteiger partial charge on any atom is 0.274 e. The Morgan fingerprint density at radius 1 is 1.15 bits per heavy atom. The fourth-order valence-corrected chi connectivity index (χ4v) is 4.48. The van der Waals surface area contributed by atoms with Crippen LogP contribution in [0.5, 0.6) is 5.75 Å². The van der Waals surface area contributed by atoms with Gasteiger partial charge >= 0.3 is 0 Å². The van der Waals surface area contributed by atoms with Crippen LogP contribution >= 0.6 is 11.3 Å². The zero-order valence-electron chi connectivity index (χ0n) is 15.7. The molecule has 3 aromatic rings. The number of rotatable bonds is 3. The van der Waals surface area contributed by atoms with Crippen LogP contribution in [0, 0.1) is 0 Å². The molecule has 0 amide bonds. The number of ether oxygens (including phenoxy) is 1. The van der Waals surface area contributed by atoms with E-state index in [2.05, 4.69) is 23.6 Å². The lowest BCUT2D eigenvalue weighted by molar-refractivity contribution is -0.695. The van der Waals surface area contributed by atoms with Gasteiger partial charge in [-0.2, -0.15) is 4.57 Å². The number of hydrogen-bond donors (Lipinski definition) is 0. The molecule has 0 spiro atoms. The summed E-state index contributed by atoms with van der Waals surface area (Å²) < 4.78 is 11.5. The number of anilines is 1. The maximum atomic E-state index is 13.1. The smallest absolute Gasteiger partial charge is 0.274 e. The molecular weight excluding hydrogens is 358 g/mol. The van der Waals surface area contributed by atoms with Crippen LogP contribution in [0.2, 0.25) is 0 Å². The second-order valence-electron chi connectivity index (χ2n) is 6.31. The van der Waals surface area contributed by atoms with Crippen molar-refractivity contribution in [3.63, 3.8) is 0 Å². The summed E-state index contributed by atoms with van der Waals surface area (Å²) in [5.74, 6) is 1.38. The molecule has 1 aliphatic heterocycles. The summed E-state index contributed by atoms with van der Waals surface area (Å²) in [4.78, 5) is 15.0. The molecule has 0 atom stereocenters. The van der Waals surface area contributed by atoms with E-state index in [-0.39, 0.29) is 5.56 Å². The lowest BCUT2D eigenvalue weighted by Gasteiger charge is -2.09. The van der Waals surface area contributed by atoms with Gasteiger partial charge in [-0.3, -0.25) is 9.36 Å². The van der Waals surface area contributed by atoms with Crippen LogP contribution in [0.3, 0.4) is 0 Å². The molecule has 0 saturated carbocycles. The Kier molecular flexibility index (Phi) is 4.58. The van der Waals surface area contributed by atoms with Crippen LogP contribution in [-0.4, -0.2) is 11.6 Å². The predicted octanol–water partition coefficient (Wildman–Crippen LogP) is 1.66. The molecule has 6 heteroatoms. The van der Waals surface area contributed by atoms with Gasteiger partial charge in [-0.1, -0.05) is 12.1 Å². The van der Waals surface area contributed by atoms with Crippen molar-refractivity contribution in [3.8, 4) is 5.75 Å². The van der Waals surface area contributed by atoms with Gasteiger partial charge in [-0.15, -0.1) is 11.3 Å². The summed E-state index contributed by atoms with van der Waals surface area (Å²) in [7, 11) is 1.93. The fourth-order valence-electron chi connectivity index (χ4n) is 3.30. The Morgan fingerprint density at radius 3 is 2.67 bits per heavy atom. The minimum Gasteiger partial charge on any atom is -0.437 e. The number of thiazole rings is 1. The van der Waals surface area contributed by atoms with Gasteiger partial charge in [-0.05, 0) is 32.0 Å². The molecule has 1 aromatic carbocycles. The van der Waals surface area contributed by atoms with Gasteiger partial charge in [0.2, 0.25) is 11.6 Å². The number of hydrogen-bond acceptors (Lipinski definition) is 4. The van der Waals surface area contributed by atoms with Crippen molar-refractivity contribution in [2.45, 2.75) is 26.9 Å². The van der Waals surface area contributed by atoms with Gasteiger partial charge in [0.05, 0.1) is 5.69 Å². The highest BCUT2D eigenvalue weighted by Crippen LogP contribution is 2.37. The minimum absolute atomic E-state index is 0.0117. The molecule has 0 N–H and O–H groups in total. The number of pyridine rings is 1. The van der Waals surface area contributed by atoms with Crippen molar-refractivity contribution in [3.05, 3.63) is 73.9 Å². The number of para-hydroxylation sites is 2. The van der Waals surface area contributed by atoms with Crippen molar-refractivity contribution < 1.29 is 9.30 Å². The fraction of sp³-hybridized carbons (Fsp3) is 0.238. The summed E-state index contributed by atoms with van der Waals surface area (Å²) >= 11 is 1.47. The molecule has 0 saturated heterocycles. The molecule has 27 heavy (non-hydrogen) atoms. The molecule has 138 valence electrons. The second-order valence-corrected chi connectivity index (χ2v) is 7.34. The van der Waals surface area contributed by atoms with Crippen LogP contribution in [0.15, 0.2) is 53.5 Å². The first kappa shape index (κ1) is 17.5. The number of aryl methyl sites for hydroxylation is 1. The third-order valence-corrected chi connectivity index (χ3v) is 5.85. The predicted molar refractivity (Wildman–Crippen MR) is 108 cm³/mol. The van der Waals surface area contributed by atoms with E-state index < -0.39 is 0 Å². The Hall–Kier alpha value is -2.86. The van der Waals surface area contributed by atoms with Crippen LogP contribution in [-0.2, 0) is 13.1 Å². The van der Waals surface area contributed by atoms with E-state index in [0.717, 1.165) is 28.3 Å². The second kappa shape index (κ2) is 7.04. The zero-order valence-corrected chi connectivity index (χ0v) is 16.5. The molecular formula is C21H22N3O2S+. The summed E-state index contributed by atoms with van der Waals surface area (Å²) in [6.45, 7) is 5.59. The Bertz CT molecular complexity index is 1180. The lowest BCUT2D eigenvalue weighted by atomic mass is 10.3. The third kappa shape index (κ3) is 2.96. The molecule has 0 bridgehead atoms. The average Bonchev–Trinajstić information content (AvgIpc) is 3.19. The van der Waals surface area contributed by atoms with Crippen molar-refractivity contribution >= 4 is 29.0 Å². The first-order chi connectivity index (χ1) is 13.1. The van der Waals surface area contributed by atoms with Crippen molar-refractivity contribution in [2.75, 3.05) is 11.9 Å². The molecule has 3 heterocycles.